The standard InChI is InChI=1S/C28H29F3N4O3S/c1-18(20-6-5-7-22(15-20)28(29,30)31)35(3)25-13-10-21(14-19-8-11-23(38-4)12-9-19)27(39(32,36)37)26(25)24-16-34(2)17-33-24/h5-13,15-18H,14H2,1-4H3,(H2,32,36,37)/t18-/m1/s1. The molecule has 39 heavy (non-hydrogen) atoms. The summed E-state index contributed by atoms with van der Waals surface area (Å²) in [5, 5.41) is 5.80. The summed E-state index contributed by atoms with van der Waals surface area (Å²) in [6.07, 6.45) is -1.01. The van der Waals surface area contributed by atoms with Crippen LogP contribution in [0.4, 0.5) is 18.9 Å². The van der Waals surface area contributed by atoms with Crippen LogP contribution in [0.25, 0.3) is 11.3 Å². The summed E-state index contributed by atoms with van der Waals surface area (Å²) < 4.78 is 73.2. The third kappa shape index (κ3) is 6.10. The predicted octanol–water partition coefficient (Wildman–Crippen LogP) is 5.55. The number of nitrogens with two attached hydrogens (primary N) is 1. The highest BCUT2D eigenvalue weighted by atomic mass is 32.2. The number of hydrogen-bond donors (Lipinski definition) is 1. The predicted molar refractivity (Wildman–Crippen MR) is 144 cm³/mol. The average molecular weight is 559 g/mol. The molecule has 11 heteroatoms. The van der Waals surface area contributed by atoms with E-state index in [1.165, 1.54) is 6.07 Å². The maximum atomic E-state index is 13.4. The minimum atomic E-state index is -4.49. The van der Waals surface area contributed by atoms with Crippen LogP contribution in [0.3, 0.4) is 0 Å². The Hall–Kier alpha value is -3.83. The van der Waals surface area contributed by atoms with Gasteiger partial charge in [0.15, 0.2) is 0 Å². The van der Waals surface area contributed by atoms with Gasteiger partial charge in [0.05, 0.1) is 35.6 Å². The number of anilines is 1. The van der Waals surface area contributed by atoms with Crippen molar-refractivity contribution in [3.63, 3.8) is 0 Å². The van der Waals surface area contributed by atoms with E-state index in [1.54, 1.807) is 80.5 Å². The van der Waals surface area contributed by atoms with Crippen LogP contribution < -0.4 is 14.8 Å². The number of imidazole rings is 1. The van der Waals surface area contributed by atoms with Crippen LogP contribution >= 0.6 is 0 Å². The number of halogens is 3. The van der Waals surface area contributed by atoms with Crippen LogP contribution in [0.15, 0.2) is 78.1 Å². The summed E-state index contributed by atoms with van der Waals surface area (Å²) >= 11 is 0. The van der Waals surface area contributed by atoms with Crippen molar-refractivity contribution in [1.29, 1.82) is 0 Å². The number of primary sulfonamides is 1. The monoisotopic (exact) mass is 558 g/mol. The summed E-state index contributed by atoms with van der Waals surface area (Å²) in [5.41, 5.74) is 2.07. The molecule has 4 rings (SSSR count). The lowest BCUT2D eigenvalue weighted by Gasteiger charge is -2.31. The van der Waals surface area contributed by atoms with Gasteiger partial charge in [-0.3, -0.25) is 0 Å². The Kier molecular flexibility index (Phi) is 7.76. The topological polar surface area (TPSA) is 90.4 Å². The van der Waals surface area contributed by atoms with Crippen molar-refractivity contribution in [3.8, 4) is 17.0 Å². The molecule has 1 heterocycles. The molecule has 4 aromatic rings. The first-order valence-electron chi connectivity index (χ1n) is 12.0. The molecule has 1 aromatic heterocycles. The first-order valence-corrected chi connectivity index (χ1v) is 13.5. The van der Waals surface area contributed by atoms with Gasteiger partial charge in [-0.2, -0.15) is 13.2 Å². The zero-order valence-corrected chi connectivity index (χ0v) is 22.7. The van der Waals surface area contributed by atoms with Gasteiger partial charge in [0.2, 0.25) is 10.0 Å². The normalized spacial score (nSPS) is 12.8. The molecule has 206 valence electrons. The highest BCUT2D eigenvalue weighted by Gasteiger charge is 2.32. The van der Waals surface area contributed by atoms with E-state index in [9.17, 15) is 21.6 Å². The second-order valence-electron chi connectivity index (χ2n) is 9.35. The van der Waals surface area contributed by atoms with Crippen LogP contribution in [0.2, 0.25) is 0 Å². The molecule has 0 amide bonds. The van der Waals surface area contributed by atoms with Crippen molar-refractivity contribution in [2.75, 3.05) is 19.1 Å². The van der Waals surface area contributed by atoms with Crippen LogP contribution in [0.5, 0.6) is 5.75 Å². The number of rotatable bonds is 8. The number of ether oxygens (including phenoxy) is 1. The molecule has 0 bridgehead atoms. The fraction of sp³-hybridized carbons (Fsp3) is 0.250. The molecule has 3 aromatic carbocycles. The zero-order chi connectivity index (χ0) is 28.5. The number of sulfonamides is 1. The number of hydrogen-bond acceptors (Lipinski definition) is 5. The summed E-state index contributed by atoms with van der Waals surface area (Å²) in [6, 6.07) is 15.2. The largest absolute Gasteiger partial charge is 0.497 e. The Balaban J connectivity index is 1.88. The van der Waals surface area contributed by atoms with E-state index >= 15 is 0 Å². The van der Waals surface area contributed by atoms with Gasteiger partial charge in [0.1, 0.15) is 5.75 Å². The summed E-state index contributed by atoms with van der Waals surface area (Å²) in [6.45, 7) is 1.75. The fourth-order valence-corrected chi connectivity index (χ4v) is 5.53. The fourth-order valence-electron chi connectivity index (χ4n) is 4.53. The first kappa shape index (κ1) is 28.2. The minimum Gasteiger partial charge on any atom is -0.497 e. The van der Waals surface area contributed by atoms with Gasteiger partial charge in [0, 0.05) is 31.5 Å². The van der Waals surface area contributed by atoms with Gasteiger partial charge in [-0.15, -0.1) is 0 Å². The smallest absolute Gasteiger partial charge is 0.416 e. The average Bonchev–Trinajstić information content (AvgIpc) is 3.32. The highest BCUT2D eigenvalue weighted by molar-refractivity contribution is 7.89. The van der Waals surface area contributed by atoms with Gasteiger partial charge in [-0.25, -0.2) is 18.5 Å². The quantitative estimate of drug-likeness (QED) is 0.306. The van der Waals surface area contributed by atoms with E-state index in [0.29, 0.717) is 28.3 Å². The Labute approximate surface area is 225 Å². The van der Waals surface area contributed by atoms with Crippen LogP contribution in [-0.2, 0) is 29.7 Å². The van der Waals surface area contributed by atoms with Crippen molar-refractivity contribution < 1.29 is 26.3 Å². The summed E-state index contributed by atoms with van der Waals surface area (Å²) in [7, 11) is 0.751. The number of alkyl halides is 3. The molecule has 1 atom stereocenters. The van der Waals surface area contributed by atoms with Crippen LogP contribution in [0.1, 0.15) is 35.2 Å². The Bertz CT molecular complexity index is 1580. The second-order valence-corrected chi connectivity index (χ2v) is 10.9. The molecule has 0 fully saturated rings. The third-order valence-electron chi connectivity index (χ3n) is 6.67. The lowest BCUT2D eigenvalue weighted by atomic mass is 9.97. The summed E-state index contributed by atoms with van der Waals surface area (Å²) in [5.74, 6) is 0.667. The van der Waals surface area contributed by atoms with Gasteiger partial charge in [-0.1, -0.05) is 30.3 Å². The zero-order valence-electron chi connectivity index (χ0n) is 21.9. The molecular formula is C28H29F3N4O3S. The Morgan fingerprint density at radius 2 is 1.79 bits per heavy atom. The maximum Gasteiger partial charge on any atom is 0.416 e. The van der Waals surface area contributed by atoms with Gasteiger partial charge in [-0.05, 0) is 60.4 Å². The number of methoxy groups -OCH3 is 1. The van der Waals surface area contributed by atoms with Gasteiger partial charge < -0.3 is 14.2 Å². The van der Waals surface area contributed by atoms with Crippen molar-refractivity contribution in [2.24, 2.45) is 12.2 Å². The molecule has 0 saturated carbocycles. The molecule has 0 radical (unpaired) electrons. The molecule has 0 aliphatic heterocycles. The highest BCUT2D eigenvalue weighted by Crippen LogP contribution is 2.41. The van der Waals surface area contributed by atoms with Crippen molar-refractivity contribution in [3.05, 3.63) is 95.4 Å². The summed E-state index contributed by atoms with van der Waals surface area (Å²) in [4.78, 5) is 6.05. The SMILES string of the molecule is COc1ccc(Cc2ccc(N(C)[C@H](C)c3cccc(C(F)(F)F)c3)c(-c3cn(C)cn3)c2S(N)(=O)=O)cc1. The molecule has 0 spiro atoms. The number of aryl methyl sites for hydroxylation is 1. The van der Waals surface area contributed by atoms with E-state index in [0.717, 1.165) is 17.7 Å². The van der Waals surface area contributed by atoms with E-state index in [2.05, 4.69) is 4.98 Å². The third-order valence-corrected chi connectivity index (χ3v) is 7.71. The Morgan fingerprint density at radius 3 is 2.36 bits per heavy atom. The van der Waals surface area contributed by atoms with Crippen molar-refractivity contribution in [2.45, 2.75) is 30.5 Å². The maximum absolute atomic E-state index is 13.4. The molecule has 0 aliphatic rings. The van der Waals surface area contributed by atoms with Crippen molar-refractivity contribution >= 4 is 15.7 Å². The lowest BCUT2D eigenvalue weighted by molar-refractivity contribution is -0.137. The molecular weight excluding hydrogens is 529 g/mol. The van der Waals surface area contributed by atoms with Gasteiger partial charge in [0.25, 0.3) is 0 Å². The van der Waals surface area contributed by atoms with Crippen molar-refractivity contribution in [1.82, 2.24) is 9.55 Å². The molecule has 2 N–H and O–H groups in total. The molecule has 7 nitrogen and oxygen atoms in total. The first-order chi connectivity index (χ1) is 18.3. The van der Waals surface area contributed by atoms with E-state index in [1.807, 2.05) is 12.1 Å². The van der Waals surface area contributed by atoms with E-state index in [-0.39, 0.29) is 16.9 Å². The van der Waals surface area contributed by atoms with E-state index in [4.69, 9.17) is 9.88 Å². The number of aromatic nitrogens is 2. The molecule has 0 unspecified atom stereocenters. The number of nitrogens with zero attached hydrogens (tertiary/aromatic N) is 3. The molecule has 0 aliphatic carbocycles. The van der Waals surface area contributed by atoms with Gasteiger partial charge >= 0.3 is 6.18 Å². The van der Waals surface area contributed by atoms with Crippen LogP contribution in [-0.4, -0.2) is 32.1 Å². The lowest BCUT2D eigenvalue weighted by Crippen LogP contribution is -2.25. The molecule has 0 saturated heterocycles. The number of benzene rings is 3. The van der Waals surface area contributed by atoms with Crippen LogP contribution in [0, 0.1) is 0 Å². The minimum absolute atomic E-state index is 0.0855. The Morgan fingerprint density at radius 1 is 1.10 bits per heavy atom. The van der Waals surface area contributed by atoms with E-state index < -0.39 is 27.8 Å². The second kappa shape index (κ2) is 10.7.